The maximum Gasteiger partial charge on any atom is 0.377 e. The molecule has 0 saturated carbocycles. The number of carbonyl (C=O) groups excluding carboxylic acids is 14. The van der Waals surface area contributed by atoms with Crippen LogP contribution in [-0.2, 0) is 56.4 Å². The van der Waals surface area contributed by atoms with Crippen LogP contribution in [0.4, 0.5) is 20.1 Å². The average Bonchev–Trinajstić information content (AvgIpc) is 0.832. The molecule has 9 rings (SSSR count). The summed E-state index contributed by atoms with van der Waals surface area (Å²) in [7, 11) is -3.80. The van der Waals surface area contributed by atoms with E-state index in [9.17, 15) is 85.7 Å². The number of nitrogens with two attached hydrogens (primary N) is 5. The smallest absolute Gasteiger partial charge is 0.377 e. The molecule has 0 radical (unpaired) electrons. The number of alkyl halides is 1. The van der Waals surface area contributed by atoms with E-state index in [-0.39, 0.29) is 102 Å². The zero-order chi connectivity index (χ0) is 92.8. The SMILES string of the molecule is CC(C)COC(=O)Sc1ccccc1C(=O)N[C@H](C)C(N)=O.NC(=O)CCNC(=O)c1ccc(Cl)cc1SC(=O)Cc1ccccc1.NC(=O)CCNC(=O)c1ccc(Cl)cc1SC(=O)c1cccnc1.NC(=O)CNC(=O)c1ccccc1SC(=O)OCCCCCl.NS(=O)(=O)c1ccc(CNC(=O)c2ccccc2SC(=O)Oc2ccc([N+](=O)[O-])cc2)cc1. The Balaban J connectivity index is 0.000000282. The van der Waals surface area contributed by atoms with E-state index in [0.29, 0.717) is 93.0 Å². The summed E-state index contributed by atoms with van der Waals surface area (Å²) >= 11 is 21.7. The van der Waals surface area contributed by atoms with Gasteiger partial charge in [0, 0.05) is 109 Å². The molecule has 8 aromatic carbocycles. The number of aromatic nitrogens is 1. The number of amides is 9. The van der Waals surface area contributed by atoms with Gasteiger partial charge in [-0.3, -0.25) is 67.8 Å². The molecule has 0 fully saturated rings. The molecule has 664 valence electrons. The minimum atomic E-state index is -3.80. The van der Waals surface area contributed by atoms with E-state index >= 15 is 0 Å². The molecule has 42 heteroatoms. The van der Waals surface area contributed by atoms with Gasteiger partial charge in [0.05, 0.1) is 57.4 Å². The lowest BCUT2D eigenvalue weighted by molar-refractivity contribution is -0.384. The van der Waals surface area contributed by atoms with Crippen LogP contribution in [-0.4, -0.2) is 142 Å². The molecule has 15 N–H and O–H groups in total. The van der Waals surface area contributed by atoms with Crippen LogP contribution in [0.3, 0.4) is 0 Å². The van der Waals surface area contributed by atoms with E-state index in [4.69, 9.17) is 77.1 Å². The fourth-order valence-electron chi connectivity index (χ4n) is 9.47. The van der Waals surface area contributed by atoms with Crippen molar-refractivity contribution in [3.8, 4) is 5.75 Å². The lowest BCUT2D eigenvalue weighted by atomic mass is 10.2. The number of nitrogens with one attached hydrogen (secondary N) is 5. The van der Waals surface area contributed by atoms with Crippen LogP contribution in [0.5, 0.6) is 5.75 Å². The van der Waals surface area contributed by atoms with Crippen LogP contribution >= 0.6 is 93.6 Å². The average molecular weight is 1900 g/mol. The number of halogens is 3. The largest absolute Gasteiger partial charge is 0.457 e. The summed E-state index contributed by atoms with van der Waals surface area (Å²) in [5.41, 5.74) is 23.5. The highest BCUT2D eigenvalue weighted by Gasteiger charge is 2.24. The molecule has 9 amide bonds. The van der Waals surface area contributed by atoms with Gasteiger partial charge in [-0.1, -0.05) is 128 Å². The number of non-ortho nitro benzene ring substituents is 1. The van der Waals surface area contributed by atoms with Gasteiger partial charge in [-0.25, -0.2) is 27.9 Å². The Kier molecular flexibility index (Phi) is 45.7. The number of unbranched alkanes of at least 4 members (excludes halogenated alkanes) is 1. The molecule has 1 aromatic heterocycles. The summed E-state index contributed by atoms with van der Waals surface area (Å²) in [6.45, 7) is 6.09. The first-order chi connectivity index (χ1) is 59.9. The number of benzene rings is 8. The van der Waals surface area contributed by atoms with Gasteiger partial charge in [0.1, 0.15) is 11.8 Å². The van der Waals surface area contributed by atoms with Crippen molar-refractivity contribution in [2.24, 2.45) is 34.0 Å². The summed E-state index contributed by atoms with van der Waals surface area (Å²) < 4.78 is 37.9. The van der Waals surface area contributed by atoms with Crippen molar-refractivity contribution in [3.05, 3.63) is 277 Å². The molecule has 126 heavy (non-hydrogen) atoms. The second-order valence-corrected chi connectivity index (χ2v) is 33.8. The van der Waals surface area contributed by atoms with Gasteiger partial charge < -0.3 is 63.7 Å². The van der Waals surface area contributed by atoms with Crippen LogP contribution in [0.25, 0.3) is 0 Å². The van der Waals surface area contributed by atoms with Crippen molar-refractivity contribution in [3.63, 3.8) is 0 Å². The third-order valence-corrected chi connectivity index (χ3v) is 21.7. The maximum absolute atomic E-state index is 12.6. The minimum Gasteiger partial charge on any atom is -0.457 e. The third kappa shape index (κ3) is 39.8. The summed E-state index contributed by atoms with van der Waals surface area (Å²) in [4.78, 5) is 181. The molecular formula is C84H85Cl3N12O21S6. The maximum atomic E-state index is 12.6. The van der Waals surface area contributed by atoms with Crippen molar-refractivity contribution < 1.29 is 94.7 Å². The molecule has 0 unspecified atom stereocenters. The number of nitro benzene ring substituents is 1. The number of hydrogen-bond donors (Lipinski definition) is 10. The van der Waals surface area contributed by atoms with Crippen LogP contribution in [0.15, 0.2) is 242 Å². The Morgan fingerprint density at radius 2 is 0.976 bits per heavy atom. The van der Waals surface area contributed by atoms with Gasteiger partial charge in [-0.05, 0) is 193 Å². The topological polar surface area (TPSA) is 547 Å². The Labute approximate surface area is 759 Å². The van der Waals surface area contributed by atoms with Gasteiger partial charge in [0.15, 0.2) is 5.12 Å². The number of nitro groups is 1. The third-order valence-electron chi connectivity index (χ3n) is 15.6. The van der Waals surface area contributed by atoms with Crippen molar-refractivity contribution in [2.75, 3.05) is 38.7 Å². The number of pyridine rings is 1. The Morgan fingerprint density at radius 3 is 1.45 bits per heavy atom. The van der Waals surface area contributed by atoms with Gasteiger partial charge in [-0.2, -0.15) is 0 Å². The number of thioether (sulfide) groups is 5. The molecule has 0 bridgehead atoms. The summed E-state index contributed by atoms with van der Waals surface area (Å²) in [5.74, 6) is -3.57. The molecule has 1 atom stereocenters. The number of ether oxygens (including phenoxy) is 3. The first kappa shape index (κ1) is 104. The Bertz CT molecular complexity index is 5450. The predicted molar refractivity (Wildman–Crippen MR) is 481 cm³/mol. The second kappa shape index (κ2) is 55.2. The summed E-state index contributed by atoms with van der Waals surface area (Å²) in [6.07, 6.45) is 4.82. The molecule has 0 spiro atoms. The molecule has 0 saturated heterocycles. The first-order valence-electron chi connectivity index (χ1n) is 37.2. The minimum absolute atomic E-state index is 0.0362. The standard InChI is InChI=1S/C21H17N3O7S2.C18H17ClN2O3S.C16H14ClN3O3S.C15H20N2O4S.C14H17ClN2O4S/c22-33(29,30)17-11-5-14(6-12-17)13-23-20(25)18-3-1-2-4-19(18)32-21(26)31-16-9-7-15(8-10-16)24(27)28;19-13-6-7-14(18(24)21-9-8-16(20)22)15(11-13)25-17(23)10-12-4-2-1-3-5-12;17-11-3-4-12(15(22)20-7-5-14(18)21)13(8-11)24-16(23)10-2-1-6-19-9-10;1-9(2)8-21-15(20)22-12-7-5-4-6-11(12)14(19)17-10(3)13(16)18;15-7-3-4-8-21-14(20)22-11-6-2-1-5-10(11)13(19)17-9-12(16)18/h1-12H,13H2,(H,23,25)(H2,22,29,30);1-7,11H,8-10H2,(H2,20,22)(H,21,24);1-4,6,8-9H,5,7H2,(H2,18,21)(H,20,22);4-7,9-10H,8H2,1-3H3,(H2,16,18)(H,17,19);1-2,5-6H,3-4,7-9H2,(H2,16,18)(H,17,19)/t;;;10-;/m...1./s1. The number of hydrogen-bond acceptors (Lipinski definition) is 27. The van der Waals surface area contributed by atoms with Gasteiger partial charge in [-0.15, -0.1) is 11.6 Å². The number of sulfonamides is 1. The highest BCUT2D eigenvalue weighted by molar-refractivity contribution is 8.14. The highest BCUT2D eigenvalue weighted by Crippen LogP contribution is 2.33. The second-order valence-electron chi connectivity index (χ2n) is 26.0. The quantitative estimate of drug-likeness (QED) is 0.00447. The molecule has 0 aliphatic carbocycles. The number of carbonyl (C=O) groups is 14. The number of nitrogens with zero attached hydrogens (tertiary/aromatic N) is 2. The fourth-order valence-corrected chi connectivity index (χ4v) is 14.7. The lowest BCUT2D eigenvalue weighted by Gasteiger charge is -2.13. The van der Waals surface area contributed by atoms with Crippen LogP contribution in [0.2, 0.25) is 10.0 Å². The van der Waals surface area contributed by atoms with Crippen LogP contribution in [0.1, 0.15) is 120 Å². The zero-order valence-corrected chi connectivity index (χ0v) is 74.5. The van der Waals surface area contributed by atoms with Crippen LogP contribution < -0.4 is 59.4 Å². The molecule has 9 aromatic rings. The normalized spacial score (nSPS) is 10.7. The van der Waals surface area contributed by atoms with E-state index in [1.807, 2.05) is 44.2 Å². The number of primary amides is 4. The van der Waals surface area contributed by atoms with E-state index in [1.165, 1.54) is 67.7 Å². The molecule has 33 nitrogen and oxygen atoms in total. The van der Waals surface area contributed by atoms with E-state index < -0.39 is 84.1 Å². The summed E-state index contributed by atoms with van der Waals surface area (Å²) in [6, 6.07) is 51.5. The summed E-state index contributed by atoms with van der Waals surface area (Å²) in [5, 5.41) is 27.3. The van der Waals surface area contributed by atoms with Gasteiger partial charge >= 0.3 is 15.9 Å². The molecular weight excluding hydrogens is 1810 g/mol. The molecule has 0 aliphatic heterocycles. The van der Waals surface area contributed by atoms with Gasteiger partial charge in [0.2, 0.25) is 38.8 Å². The van der Waals surface area contributed by atoms with Crippen molar-refractivity contribution in [1.29, 1.82) is 0 Å². The van der Waals surface area contributed by atoms with Crippen LogP contribution in [0, 0.1) is 16.0 Å². The van der Waals surface area contributed by atoms with E-state index in [2.05, 4.69) is 31.6 Å². The molecule has 1 heterocycles. The van der Waals surface area contributed by atoms with Crippen molar-refractivity contribution >= 4 is 189 Å². The number of rotatable bonds is 34. The van der Waals surface area contributed by atoms with Crippen molar-refractivity contribution in [1.82, 2.24) is 31.6 Å². The van der Waals surface area contributed by atoms with E-state index in [0.717, 1.165) is 59.0 Å². The highest BCUT2D eigenvalue weighted by atomic mass is 35.5. The zero-order valence-electron chi connectivity index (χ0n) is 67.3. The monoisotopic (exact) mass is 1890 g/mol. The predicted octanol–water partition coefficient (Wildman–Crippen LogP) is 12.9. The molecule has 0 aliphatic rings. The van der Waals surface area contributed by atoms with Crippen molar-refractivity contribution in [2.45, 2.75) is 94.8 Å². The Morgan fingerprint density at radius 1 is 0.500 bits per heavy atom. The lowest BCUT2D eigenvalue weighted by Crippen LogP contribution is -2.42. The van der Waals surface area contributed by atoms with E-state index in [1.54, 1.807) is 121 Å². The first-order valence-corrected chi connectivity index (χ1v) is 44.1. The fraction of sp³-hybridized carbons (Fsp3) is 0.202. The Hall–Kier alpha value is -12.2. The van der Waals surface area contributed by atoms with Gasteiger partial charge in [0.25, 0.3) is 35.2 Å². The number of primary sulfonamides is 1.